The highest BCUT2D eigenvalue weighted by Crippen LogP contribution is 2.24. The Labute approximate surface area is 188 Å². The Morgan fingerprint density at radius 3 is 2.56 bits per heavy atom. The zero-order chi connectivity index (χ0) is 21.9. The van der Waals surface area contributed by atoms with Crippen molar-refractivity contribution in [2.75, 3.05) is 51.6 Å². The Morgan fingerprint density at radius 2 is 1.81 bits per heavy atom. The van der Waals surface area contributed by atoms with Crippen molar-refractivity contribution in [1.82, 2.24) is 29.9 Å². The van der Waals surface area contributed by atoms with Crippen LogP contribution in [-0.4, -0.2) is 88.3 Å². The van der Waals surface area contributed by atoms with Gasteiger partial charge in [0.2, 0.25) is 0 Å². The number of benzene rings is 1. The first kappa shape index (κ1) is 20.8. The topological polar surface area (TPSA) is 77.5 Å². The van der Waals surface area contributed by atoms with Gasteiger partial charge in [-0.3, -0.25) is 10.2 Å². The summed E-state index contributed by atoms with van der Waals surface area (Å²) in [4.78, 5) is 24.2. The predicted molar refractivity (Wildman–Crippen MR) is 125 cm³/mol. The van der Waals surface area contributed by atoms with Crippen LogP contribution in [0.1, 0.15) is 12.8 Å². The number of hydrogen-bond donors (Lipinski definition) is 1. The van der Waals surface area contributed by atoms with E-state index < -0.39 is 0 Å². The number of amides is 2. The minimum Gasteiger partial charge on any atom is -0.324 e. The molecule has 2 aliphatic heterocycles. The first-order valence-corrected chi connectivity index (χ1v) is 11.3. The number of nitrogens with one attached hydrogen (secondary N) is 1. The molecule has 8 nitrogen and oxygen atoms in total. The molecule has 8 heteroatoms. The van der Waals surface area contributed by atoms with Gasteiger partial charge in [0.15, 0.2) is 0 Å². The van der Waals surface area contributed by atoms with Gasteiger partial charge in [0.05, 0.1) is 5.69 Å². The molecule has 2 fully saturated rings. The quantitative estimate of drug-likeness (QED) is 0.687. The van der Waals surface area contributed by atoms with Gasteiger partial charge >= 0.3 is 6.03 Å². The van der Waals surface area contributed by atoms with Crippen molar-refractivity contribution >= 4 is 22.6 Å². The molecule has 0 atom stereocenters. The number of hydrogen-bond acceptors (Lipinski definition) is 6. The third-order valence-electron chi connectivity index (χ3n) is 6.63. The molecule has 166 valence electrons. The second-order valence-corrected chi connectivity index (χ2v) is 8.73. The van der Waals surface area contributed by atoms with Gasteiger partial charge in [-0.05, 0) is 49.5 Å². The lowest BCUT2D eigenvalue weighted by atomic mass is 10.0. The Morgan fingerprint density at radius 1 is 1.00 bits per heavy atom. The van der Waals surface area contributed by atoms with Gasteiger partial charge < -0.3 is 9.80 Å². The van der Waals surface area contributed by atoms with Crippen molar-refractivity contribution < 1.29 is 4.79 Å². The SMILES string of the molecule is CN1CCN(C2CCN(C(=O)Nc3cc4cc(-c5cccnn5)ccc4cn3)CC2)CC1. The van der Waals surface area contributed by atoms with Crippen LogP contribution in [0.25, 0.3) is 22.0 Å². The summed E-state index contributed by atoms with van der Waals surface area (Å²) >= 11 is 0. The van der Waals surface area contributed by atoms with Crippen LogP contribution in [0.3, 0.4) is 0 Å². The molecule has 0 radical (unpaired) electrons. The first-order chi connectivity index (χ1) is 15.7. The Bertz CT molecular complexity index is 1070. The van der Waals surface area contributed by atoms with Gasteiger partial charge in [0, 0.05) is 68.7 Å². The maximum Gasteiger partial charge on any atom is 0.323 e. The van der Waals surface area contributed by atoms with Gasteiger partial charge in [-0.15, -0.1) is 0 Å². The molecule has 0 unspecified atom stereocenters. The van der Waals surface area contributed by atoms with E-state index in [1.807, 2.05) is 35.2 Å². The van der Waals surface area contributed by atoms with Crippen molar-refractivity contribution in [3.8, 4) is 11.3 Å². The number of aromatic nitrogens is 3. The summed E-state index contributed by atoms with van der Waals surface area (Å²) in [6, 6.07) is 12.3. The molecule has 0 aliphatic carbocycles. The van der Waals surface area contributed by atoms with Crippen LogP contribution in [0.4, 0.5) is 10.6 Å². The third kappa shape index (κ3) is 4.56. The molecule has 0 bridgehead atoms. The second kappa shape index (κ2) is 9.18. The predicted octanol–water partition coefficient (Wildman–Crippen LogP) is 2.94. The highest BCUT2D eigenvalue weighted by atomic mass is 16.2. The zero-order valence-electron chi connectivity index (χ0n) is 18.4. The van der Waals surface area contributed by atoms with Crippen molar-refractivity contribution in [2.24, 2.45) is 0 Å². The van der Waals surface area contributed by atoms with Crippen LogP contribution in [0.5, 0.6) is 0 Å². The minimum atomic E-state index is -0.0706. The van der Waals surface area contributed by atoms with E-state index in [2.05, 4.69) is 43.4 Å². The average molecular weight is 432 g/mol. The highest BCUT2D eigenvalue weighted by molar-refractivity contribution is 5.93. The lowest BCUT2D eigenvalue weighted by Crippen LogP contribution is -2.53. The van der Waals surface area contributed by atoms with Crippen LogP contribution < -0.4 is 5.32 Å². The Hall–Kier alpha value is -3.10. The van der Waals surface area contributed by atoms with E-state index in [0.29, 0.717) is 11.9 Å². The molecule has 1 N–H and O–H groups in total. The summed E-state index contributed by atoms with van der Waals surface area (Å²) in [5.74, 6) is 0.569. The average Bonchev–Trinajstić information content (AvgIpc) is 2.85. The van der Waals surface area contributed by atoms with Crippen LogP contribution in [0, 0.1) is 0 Å². The van der Waals surface area contributed by atoms with Crippen LogP contribution in [0.2, 0.25) is 0 Å². The van der Waals surface area contributed by atoms with E-state index in [-0.39, 0.29) is 6.03 Å². The number of anilines is 1. The number of pyridine rings is 1. The molecule has 2 amide bonds. The summed E-state index contributed by atoms with van der Waals surface area (Å²) in [5.41, 5.74) is 1.81. The van der Waals surface area contributed by atoms with E-state index in [9.17, 15) is 4.79 Å². The highest BCUT2D eigenvalue weighted by Gasteiger charge is 2.28. The monoisotopic (exact) mass is 431 g/mol. The number of carbonyl (C=O) groups is 1. The summed E-state index contributed by atoms with van der Waals surface area (Å²) in [5, 5.41) is 13.2. The summed E-state index contributed by atoms with van der Waals surface area (Å²) in [6.45, 7) is 6.09. The molecule has 2 aromatic heterocycles. The van der Waals surface area contributed by atoms with E-state index in [0.717, 1.165) is 74.1 Å². The number of urea groups is 1. The fraction of sp³-hybridized carbons (Fsp3) is 0.417. The van der Waals surface area contributed by atoms with Crippen molar-refractivity contribution in [2.45, 2.75) is 18.9 Å². The molecule has 5 rings (SSSR count). The number of likely N-dealkylation sites (tertiary alicyclic amines) is 1. The van der Waals surface area contributed by atoms with Crippen molar-refractivity contribution in [3.63, 3.8) is 0 Å². The largest absolute Gasteiger partial charge is 0.324 e. The smallest absolute Gasteiger partial charge is 0.323 e. The number of piperidine rings is 1. The number of nitrogens with zero attached hydrogens (tertiary/aromatic N) is 6. The van der Waals surface area contributed by atoms with Crippen LogP contribution >= 0.6 is 0 Å². The standard InChI is InChI=1S/C24H29N7O/c1-29-11-13-30(14-12-29)21-6-9-31(10-7-21)24(32)27-23-16-20-15-18(4-5-19(20)17-25-23)22-3-2-8-26-28-22/h2-5,8,15-17,21H,6-7,9-14H2,1H3,(H,25,27,32). The number of piperazine rings is 1. The summed E-state index contributed by atoms with van der Waals surface area (Å²) < 4.78 is 0. The van der Waals surface area contributed by atoms with Gasteiger partial charge in [-0.1, -0.05) is 12.1 Å². The van der Waals surface area contributed by atoms with Gasteiger partial charge in [-0.2, -0.15) is 10.2 Å². The van der Waals surface area contributed by atoms with Crippen molar-refractivity contribution in [1.29, 1.82) is 0 Å². The lowest BCUT2D eigenvalue weighted by Gasteiger charge is -2.42. The zero-order valence-corrected chi connectivity index (χ0v) is 18.4. The van der Waals surface area contributed by atoms with Gasteiger partial charge in [-0.25, -0.2) is 9.78 Å². The van der Waals surface area contributed by atoms with E-state index in [1.54, 1.807) is 12.4 Å². The molecule has 0 spiro atoms. The fourth-order valence-corrected chi connectivity index (χ4v) is 4.63. The van der Waals surface area contributed by atoms with Gasteiger partial charge in [0.25, 0.3) is 0 Å². The second-order valence-electron chi connectivity index (χ2n) is 8.73. The first-order valence-electron chi connectivity index (χ1n) is 11.3. The molecular weight excluding hydrogens is 402 g/mol. The number of likely N-dealkylation sites (N-methyl/N-ethyl adjacent to an activating group) is 1. The Kier molecular flexibility index (Phi) is 5.96. The minimum absolute atomic E-state index is 0.0706. The number of fused-ring (bicyclic) bond motifs is 1. The van der Waals surface area contributed by atoms with E-state index in [1.165, 1.54) is 0 Å². The van der Waals surface area contributed by atoms with Crippen molar-refractivity contribution in [3.05, 3.63) is 48.8 Å². The molecule has 2 saturated heterocycles. The molecule has 2 aliphatic rings. The molecule has 1 aromatic carbocycles. The van der Waals surface area contributed by atoms with Gasteiger partial charge in [0.1, 0.15) is 5.82 Å². The fourth-order valence-electron chi connectivity index (χ4n) is 4.63. The molecule has 4 heterocycles. The molecular formula is C24H29N7O. The summed E-state index contributed by atoms with van der Waals surface area (Å²) in [6.07, 6.45) is 5.52. The normalized spacial score (nSPS) is 18.7. The molecule has 32 heavy (non-hydrogen) atoms. The van der Waals surface area contributed by atoms with E-state index >= 15 is 0 Å². The maximum absolute atomic E-state index is 12.9. The third-order valence-corrected chi connectivity index (χ3v) is 6.63. The molecule has 3 aromatic rings. The maximum atomic E-state index is 12.9. The summed E-state index contributed by atoms with van der Waals surface area (Å²) in [7, 11) is 2.18. The van der Waals surface area contributed by atoms with E-state index in [4.69, 9.17) is 0 Å². The molecule has 0 saturated carbocycles. The van der Waals surface area contributed by atoms with Crippen LogP contribution in [0.15, 0.2) is 48.8 Å². The number of rotatable bonds is 3. The Balaban J connectivity index is 1.22. The lowest BCUT2D eigenvalue weighted by molar-refractivity contribution is 0.0765. The van der Waals surface area contributed by atoms with Crippen LogP contribution in [-0.2, 0) is 0 Å². The number of carbonyl (C=O) groups excluding carboxylic acids is 1.